The number of rotatable bonds is 0. The second kappa shape index (κ2) is 10.0. The first-order chi connectivity index (χ1) is 12.5. The third kappa shape index (κ3) is 6.58. The highest BCUT2D eigenvalue weighted by molar-refractivity contribution is 5.91. The Labute approximate surface area is 150 Å². The minimum absolute atomic E-state index is 0.135. The molecule has 0 amide bonds. The van der Waals surface area contributed by atoms with Crippen LogP contribution in [-0.4, -0.2) is 68.8 Å². The second-order valence-electron chi connectivity index (χ2n) is 5.84. The zero-order valence-electron chi connectivity index (χ0n) is 14.8. The first kappa shape index (κ1) is 20.1. The van der Waals surface area contributed by atoms with E-state index in [9.17, 15) is 14.4 Å². The van der Waals surface area contributed by atoms with Gasteiger partial charge in [0, 0.05) is 12.1 Å². The zero-order valence-corrected chi connectivity index (χ0v) is 14.8. The summed E-state index contributed by atoms with van der Waals surface area (Å²) < 4.78 is 26.5. The Morgan fingerprint density at radius 3 is 1.65 bits per heavy atom. The molecule has 0 aliphatic carbocycles. The molecule has 9 heteroatoms. The fourth-order valence-corrected chi connectivity index (χ4v) is 2.16. The number of carbonyl (C=O) groups is 2. The first-order valence-electron chi connectivity index (χ1n) is 8.35. The predicted molar refractivity (Wildman–Crippen MR) is 89.3 cm³/mol. The summed E-state index contributed by atoms with van der Waals surface area (Å²) >= 11 is 0. The van der Waals surface area contributed by atoms with E-state index in [2.05, 4.69) is 4.98 Å². The molecule has 1 N–H and O–H groups in total. The van der Waals surface area contributed by atoms with Crippen LogP contribution >= 0.6 is 0 Å². The van der Waals surface area contributed by atoms with Crippen LogP contribution in [0.2, 0.25) is 0 Å². The standard InChI is InChI=1S/C17H23NO8/c1-11-9-23-5-3-22-4-6-24-10-12(2)26-17(21)15-8-13(19)7-14(18-15)16(20)25-11/h7-8,11-12H,3-6,9-10H2,1-2H3,(H,18,19)/t11-,12-/m0/s1. The van der Waals surface area contributed by atoms with Gasteiger partial charge in [0.2, 0.25) is 0 Å². The molecule has 0 radical (unpaired) electrons. The van der Waals surface area contributed by atoms with Crippen LogP contribution in [0.1, 0.15) is 34.8 Å². The zero-order chi connectivity index (χ0) is 18.9. The lowest BCUT2D eigenvalue weighted by Crippen LogP contribution is -2.26. The van der Waals surface area contributed by atoms with Crippen LogP contribution in [0.4, 0.5) is 0 Å². The number of aromatic amines is 1. The van der Waals surface area contributed by atoms with Gasteiger partial charge in [0.1, 0.15) is 23.6 Å². The average Bonchev–Trinajstić information content (AvgIpc) is 2.58. The fourth-order valence-electron chi connectivity index (χ4n) is 2.16. The van der Waals surface area contributed by atoms with Crippen LogP contribution in [0.5, 0.6) is 0 Å². The van der Waals surface area contributed by atoms with Crippen molar-refractivity contribution in [3.05, 3.63) is 33.7 Å². The van der Waals surface area contributed by atoms with E-state index in [4.69, 9.17) is 23.7 Å². The van der Waals surface area contributed by atoms with Crippen molar-refractivity contribution in [3.8, 4) is 0 Å². The van der Waals surface area contributed by atoms with Crippen LogP contribution in [0.3, 0.4) is 0 Å². The number of cyclic esters (lactones) is 2. The molecule has 2 rings (SSSR count). The summed E-state index contributed by atoms with van der Waals surface area (Å²) in [6, 6.07) is 2.12. The molecule has 26 heavy (non-hydrogen) atoms. The lowest BCUT2D eigenvalue weighted by Gasteiger charge is -2.16. The lowest BCUT2D eigenvalue weighted by molar-refractivity contribution is -0.0300. The smallest absolute Gasteiger partial charge is 0.355 e. The van der Waals surface area contributed by atoms with Crippen molar-refractivity contribution < 1.29 is 33.3 Å². The van der Waals surface area contributed by atoms with E-state index in [-0.39, 0.29) is 24.6 Å². The third-order valence-electron chi connectivity index (χ3n) is 3.35. The van der Waals surface area contributed by atoms with E-state index in [1.807, 2.05) is 0 Å². The number of esters is 2. The molecule has 0 saturated carbocycles. The van der Waals surface area contributed by atoms with Crippen LogP contribution in [0.25, 0.3) is 0 Å². The molecule has 1 aromatic heterocycles. The van der Waals surface area contributed by atoms with Gasteiger partial charge < -0.3 is 28.7 Å². The summed E-state index contributed by atoms with van der Waals surface area (Å²) in [5.41, 5.74) is -0.781. The maximum atomic E-state index is 12.2. The molecule has 9 nitrogen and oxygen atoms in total. The molecule has 0 unspecified atom stereocenters. The number of aromatic nitrogens is 1. The SMILES string of the molecule is C[C@H]1COCCOCCOC[C@H](C)OC(=O)c2cc(=O)cc([nH]2)C(=O)O1. The van der Waals surface area contributed by atoms with Gasteiger partial charge in [-0.15, -0.1) is 0 Å². The maximum absolute atomic E-state index is 12.2. The highest BCUT2D eigenvalue weighted by Gasteiger charge is 2.19. The molecule has 144 valence electrons. The third-order valence-corrected chi connectivity index (χ3v) is 3.35. The molecule has 1 aliphatic heterocycles. The second-order valence-corrected chi connectivity index (χ2v) is 5.84. The van der Waals surface area contributed by atoms with E-state index in [0.717, 1.165) is 12.1 Å². The molecular formula is C17H23NO8. The van der Waals surface area contributed by atoms with Crippen molar-refractivity contribution in [2.24, 2.45) is 0 Å². The maximum Gasteiger partial charge on any atom is 0.355 e. The van der Waals surface area contributed by atoms with Crippen LogP contribution in [-0.2, 0) is 23.7 Å². The highest BCUT2D eigenvalue weighted by atomic mass is 16.6. The summed E-state index contributed by atoms with van der Waals surface area (Å²) in [7, 11) is 0. The largest absolute Gasteiger partial charge is 0.456 e. The molecule has 2 bridgehead atoms. The normalized spacial score (nSPS) is 24.1. The molecule has 0 saturated heterocycles. The molecule has 1 aromatic rings. The van der Waals surface area contributed by atoms with Crippen LogP contribution < -0.4 is 5.43 Å². The fraction of sp³-hybridized carbons (Fsp3) is 0.588. The van der Waals surface area contributed by atoms with Gasteiger partial charge in [-0.25, -0.2) is 9.59 Å². The van der Waals surface area contributed by atoms with Crippen molar-refractivity contribution in [2.75, 3.05) is 39.6 Å². The van der Waals surface area contributed by atoms with Gasteiger partial charge in [0.15, 0.2) is 5.43 Å². The van der Waals surface area contributed by atoms with E-state index in [1.54, 1.807) is 13.8 Å². The van der Waals surface area contributed by atoms with Crippen molar-refractivity contribution in [2.45, 2.75) is 26.1 Å². The number of hydrogen-bond acceptors (Lipinski definition) is 8. The molecular weight excluding hydrogens is 346 g/mol. The summed E-state index contributed by atoms with van der Waals surface area (Å²) in [5.74, 6) is -1.52. The van der Waals surface area contributed by atoms with E-state index >= 15 is 0 Å². The minimum Gasteiger partial charge on any atom is -0.456 e. The van der Waals surface area contributed by atoms with Gasteiger partial charge >= 0.3 is 11.9 Å². The number of pyridine rings is 1. The summed E-state index contributed by atoms with van der Waals surface area (Å²) in [6.07, 6.45) is -1.08. The van der Waals surface area contributed by atoms with Crippen molar-refractivity contribution in [1.29, 1.82) is 0 Å². The van der Waals surface area contributed by atoms with Gasteiger partial charge in [-0.05, 0) is 13.8 Å². The van der Waals surface area contributed by atoms with Crippen LogP contribution in [0, 0.1) is 0 Å². The topological polar surface area (TPSA) is 113 Å². The van der Waals surface area contributed by atoms with Gasteiger partial charge in [0.25, 0.3) is 0 Å². The summed E-state index contributed by atoms with van der Waals surface area (Å²) in [6.45, 7) is 5.12. The van der Waals surface area contributed by atoms with Crippen molar-refractivity contribution >= 4 is 11.9 Å². The van der Waals surface area contributed by atoms with Gasteiger partial charge in [0.05, 0.1) is 39.6 Å². The Balaban J connectivity index is 2.15. The predicted octanol–water partition coefficient (Wildman–Crippen LogP) is 0.529. The number of hydrogen-bond donors (Lipinski definition) is 1. The van der Waals surface area contributed by atoms with Crippen molar-refractivity contribution in [3.63, 3.8) is 0 Å². The first-order valence-corrected chi connectivity index (χ1v) is 8.35. The summed E-state index contributed by atoms with van der Waals surface area (Å²) in [4.78, 5) is 38.7. The molecule has 1 aliphatic rings. The van der Waals surface area contributed by atoms with Crippen molar-refractivity contribution in [1.82, 2.24) is 4.98 Å². The Bertz CT molecular complexity index is 620. The Kier molecular flexibility index (Phi) is 7.76. The Morgan fingerprint density at radius 2 is 1.19 bits per heavy atom. The lowest BCUT2D eigenvalue weighted by atomic mass is 10.3. The highest BCUT2D eigenvalue weighted by Crippen LogP contribution is 2.05. The molecule has 0 fully saturated rings. The van der Waals surface area contributed by atoms with Crippen LogP contribution in [0.15, 0.2) is 16.9 Å². The number of H-pyrrole nitrogens is 1. The van der Waals surface area contributed by atoms with E-state index in [1.165, 1.54) is 0 Å². The average molecular weight is 369 g/mol. The number of nitrogens with one attached hydrogen (secondary N) is 1. The van der Waals surface area contributed by atoms with E-state index in [0.29, 0.717) is 26.4 Å². The molecule has 0 spiro atoms. The number of ether oxygens (including phenoxy) is 5. The molecule has 2 atom stereocenters. The Hall–Kier alpha value is -2.23. The van der Waals surface area contributed by atoms with Gasteiger partial charge in [-0.2, -0.15) is 0 Å². The van der Waals surface area contributed by atoms with E-state index < -0.39 is 29.6 Å². The summed E-state index contributed by atoms with van der Waals surface area (Å²) in [5, 5.41) is 0. The Morgan fingerprint density at radius 1 is 0.769 bits per heavy atom. The molecule has 0 aromatic carbocycles. The quantitative estimate of drug-likeness (QED) is 0.659. The van der Waals surface area contributed by atoms with Gasteiger partial charge in [-0.1, -0.05) is 0 Å². The molecule has 2 heterocycles. The number of fused-ring (bicyclic) bond motifs is 2. The number of carbonyl (C=O) groups excluding carboxylic acids is 2. The van der Waals surface area contributed by atoms with Gasteiger partial charge in [-0.3, -0.25) is 4.79 Å². The minimum atomic E-state index is -0.762. The monoisotopic (exact) mass is 369 g/mol.